The van der Waals surface area contributed by atoms with Crippen LogP contribution in [0.3, 0.4) is 0 Å². The molecule has 0 N–H and O–H groups in total. The Labute approximate surface area is 170 Å². The van der Waals surface area contributed by atoms with Gasteiger partial charge in [0, 0.05) is 51.2 Å². The molecule has 0 bridgehead atoms. The molecule has 1 aliphatic heterocycles. The van der Waals surface area contributed by atoms with E-state index in [1.165, 1.54) is 0 Å². The maximum Gasteiger partial charge on any atom is 0.410 e. The van der Waals surface area contributed by atoms with E-state index in [1.54, 1.807) is 9.58 Å². The van der Waals surface area contributed by atoms with E-state index in [0.717, 1.165) is 42.1 Å². The molecule has 0 radical (unpaired) electrons. The number of nitrogens with zero attached hydrogens (tertiary/aromatic N) is 6. The zero-order valence-electron chi connectivity index (χ0n) is 17.5. The molecule has 0 aromatic carbocycles. The highest BCUT2D eigenvalue weighted by molar-refractivity contribution is 5.69. The van der Waals surface area contributed by atoms with Crippen molar-refractivity contribution in [2.24, 2.45) is 7.05 Å². The van der Waals surface area contributed by atoms with Crippen molar-refractivity contribution in [1.82, 2.24) is 24.1 Å². The Morgan fingerprint density at radius 3 is 2.66 bits per heavy atom. The third-order valence-electron chi connectivity index (χ3n) is 5.00. The van der Waals surface area contributed by atoms with Crippen molar-refractivity contribution < 1.29 is 9.53 Å². The first-order valence-corrected chi connectivity index (χ1v) is 9.99. The summed E-state index contributed by atoms with van der Waals surface area (Å²) in [5.74, 6) is 1.05. The molecule has 29 heavy (non-hydrogen) atoms. The normalized spacial score (nSPS) is 15.6. The van der Waals surface area contributed by atoms with Crippen molar-refractivity contribution in [2.45, 2.75) is 32.8 Å². The van der Waals surface area contributed by atoms with E-state index in [-0.39, 0.29) is 6.09 Å². The van der Waals surface area contributed by atoms with Crippen LogP contribution in [0, 0.1) is 0 Å². The minimum absolute atomic E-state index is 0.237. The molecule has 0 spiro atoms. The van der Waals surface area contributed by atoms with Crippen LogP contribution in [0.1, 0.15) is 27.2 Å². The largest absolute Gasteiger partial charge is 0.444 e. The van der Waals surface area contributed by atoms with Crippen LogP contribution in [0.15, 0.2) is 36.9 Å². The summed E-state index contributed by atoms with van der Waals surface area (Å²) < 4.78 is 9.43. The number of rotatable bonds is 2. The van der Waals surface area contributed by atoms with Gasteiger partial charge in [-0.2, -0.15) is 5.10 Å². The highest BCUT2D eigenvalue weighted by Gasteiger charge is 2.25. The van der Waals surface area contributed by atoms with Gasteiger partial charge < -0.3 is 14.5 Å². The van der Waals surface area contributed by atoms with Crippen molar-refractivity contribution in [1.29, 1.82) is 0 Å². The van der Waals surface area contributed by atoms with E-state index in [2.05, 4.69) is 37.7 Å². The Morgan fingerprint density at radius 1 is 1.10 bits per heavy atom. The molecule has 1 saturated heterocycles. The Hall–Kier alpha value is -3.03. The number of pyridine rings is 1. The maximum absolute atomic E-state index is 12.4. The fourth-order valence-corrected chi connectivity index (χ4v) is 3.61. The van der Waals surface area contributed by atoms with Gasteiger partial charge in [-0.15, -0.1) is 0 Å². The molecule has 4 heterocycles. The Kier molecular flexibility index (Phi) is 4.94. The molecule has 4 rings (SSSR count). The maximum atomic E-state index is 12.4. The predicted octanol–water partition coefficient (Wildman–Crippen LogP) is 3.18. The average molecular weight is 396 g/mol. The summed E-state index contributed by atoms with van der Waals surface area (Å²) in [5, 5.41) is 4.24. The summed E-state index contributed by atoms with van der Waals surface area (Å²) >= 11 is 0. The van der Waals surface area contributed by atoms with Crippen molar-refractivity contribution in [3.05, 3.63) is 36.9 Å². The van der Waals surface area contributed by atoms with E-state index in [4.69, 9.17) is 4.74 Å². The lowest BCUT2D eigenvalue weighted by Gasteiger charge is -2.26. The van der Waals surface area contributed by atoms with Crippen LogP contribution in [-0.2, 0) is 11.8 Å². The molecule has 0 unspecified atom stereocenters. The lowest BCUT2D eigenvalue weighted by Crippen LogP contribution is -2.39. The van der Waals surface area contributed by atoms with E-state index in [0.29, 0.717) is 13.1 Å². The van der Waals surface area contributed by atoms with Crippen LogP contribution in [0.25, 0.3) is 16.8 Å². The van der Waals surface area contributed by atoms with Gasteiger partial charge in [-0.1, -0.05) is 0 Å². The minimum atomic E-state index is -0.475. The number of carbonyl (C=O) groups is 1. The second-order valence-corrected chi connectivity index (χ2v) is 8.47. The highest BCUT2D eigenvalue weighted by atomic mass is 16.6. The Bertz CT molecular complexity index is 1020. The third-order valence-corrected chi connectivity index (χ3v) is 5.00. The third kappa shape index (κ3) is 4.21. The molecule has 1 fully saturated rings. The standard InChI is InChI=1S/C21H28N6O2/c1-21(2,3)29-20(28)26-8-5-7-25(10-11-26)19-14-22-18-12-16(6-9-27(18)19)17-13-23-24(4)15-17/h6,9,12-15H,5,7-8,10-11H2,1-4H3. The molecule has 1 aliphatic rings. The van der Waals surface area contributed by atoms with Crippen molar-refractivity contribution >= 4 is 17.6 Å². The lowest BCUT2D eigenvalue weighted by molar-refractivity contribution is 0.0263. The zero-order valence-corrected chi connectivity index (χ0v) is 17.5. The quantitative estimate of drug-likeness (QED) is 0.666. The van der Waals surface area contributed by atoms with Crippen molar-refractivity contribution in [3.63, 3.8) is 0 Å². The fourth-order valence-electron chi connectivity index (χ4n) is 3.61. The summed E-state index contributed by atoms with van der Waals surface area (Å²) in [6.07, 6.45) is 8.46. The topological polar surface area (TPSA) is 67.9 Å². The monoisotopic (exact) mass is 396 g/mol. The van der Waals surface area contributed by atoms with E-state index >= 15 is 0 Å². The van der Waals surface area contributed by atoms with Crippen LogP contribution >= 0.6 is 0 Å². The molecule has 8 heteroatoms. The van der Waals surface area contributed by atoms with E-state index in [9.17, 15) is 4.79 Å². The summed E-state index contributed by atoms with van der Waals surface area (Å²) in [5.41, 5.74) is 2.59. The number of amides is 1. The van der Waals surface area contributed by atoms with Gasteiger partial charge in [-0.25, -0.2) is 9.78 Å². The summed E-state index contributed by atoms with van der Waals surface area (Å²) in [6, 6.07) is 4.16. The first-order chi connectivity index (χ1) is 13.8. The average Bonchev–Trinajstić information content (AvgIpc) is 3.19. The Balaban J connectivity index is 1.50. The summed E-state index contributed by atoms with van der Waals surface area (Å²) in [4.78, 5) is 21.1. The molecule has 8 nitrogen and oxygen atoms in total. The zero-order chi connectivity index (χ0) is 20.6. The van der Waals surface area contributed by atoms with Crippen LogP contribution in [-0.4, -0.2) is 61.9 Å². The number of imidazole rings is 1. The molecular formula is C21H28N6O2. The van der Waals surface area contributed by atoms with Gasteiger partial charge >= 0.3 is 6.09 Å². The molecule has 3 aromatic heterocycles. The van der Waals surface area contributed by atoms with Gasteiger partial charge in [-0.3, -0.25) is 9.08 Å². The molecule has 0 atom stereocenters. The number of ether oxygens (including phenoxy) is 1. The van der Waals surface area contributed by atoms with Crippen LogP contribution in [0.5, 0.6) is 0 Å². The first-order valence-electron chi connectivity index (χ1n) is 9.99. The predicted molar refractivity (Wildman–Crippen MR) is 112 cm³/mol. The van der Waals surface area contributed by atoms with Crippen LogP contribution in [0.4, 0.5) is 10.6 Å². The first kappa shape index (κ1) is 19.3. The highest BCUT2D eigenvalue weighted by Crippen LogP contribution is 2.24. The number of hydrogen-bond donors (Lipinski definition) is 0. The van der Waals surface area contributed by atoms with Crippen molar-refractivity contribution in [2.75, 3.05) is 31.1 Å². The molecule has 154 valence electrons. The summed E-state index contributed by atoms with van der Waals surface area (Å²) in [7, 11) is 1.91. The number of hydrogen-bond acceptors (Lipinski definition) is 5. The number of anilines is 1. The van der Waals surface area contributed by atoms with Gasteiger partial charge in [0.25, 0.3) is 0 Å². The molecule has 3 aromatic rings. The Morgan fingerprint density at radius 2 is 1.93 bits per heavy atom. The van der Waals surface area contributed by atoms with Gasteiger partial charge in [0.1, 0.15) is 17.1 Å². The second kappa shape index (κ2) is 7.42. The molecule has 0 aliphatic carbocycles. The lowest BCUT2D eigenvalue weighted by atomic mass is 10.1. The van der Waals surface area contributed by atoms with Crippen LogP contribution < -0.4 is 4.90 Å². The van der Waals surface area contributed by atoms with Gasteiger partial charge in [0.05, 0.1) is 12.4 Å². The second-order valence-electron chi connectivity index (χ2n) is 8.47. The smallest absolute Gasteiger partial charge is 0.410 e. The SMILES string of the molecule is Cn1cc(-c2ccn3c(N4CCCN(C(=O)OC(C)(C)C)CC4)cnc3c2)cn1. The number of carbonyl (C=O) groups excluding carboxylic acids is 1. The number of fused-ring (bicyclic) bond motifs is 1. The minimum Gasteiger partial charge on any atom is -0.444 e. The van der Waals surface area contributed by atoms with Crippen molar-refractivity contribution in [3.8, 4) is 11.1 Å². The molecular weight excluding hydrogens is 368 g/mol. The van der Waals surface area contributed by atoms with E-state index < -0.39 is 5.60 Å². The number of aryl methyl sites for hydroxylation is 1. The van der Waals surface area contributed by atoms with E-state index in [1.807, 2.05) is 46.4 Å². The van der Waals surface area contributed by atoms with Gasteiger partial charge in [0.15, 0.2) is 0 Å². The number of aromatic nitrogens is 4. The van der Waals surface area contributed by atoms with Gasteiger partial charge in [-0.05, 0) is 44.9 Å². The molecule has 0 saturated carbocycles. The fraction of sp³-hybridized carbons (Fsp3) is 0.476. The van der Waals surface area contributed by atoms with Crippen LogP contribution in [0.2, 0.25) is 0 Å². The van der Waals surface area contributed by atoms with Gasteiger partial charge in [0.2, 0.25) is 0 Å². The summed E-state index contributed by atoms with van der Waals surface area (Å²) in [6.45, 7) is 8.64. The molecule has 1 amide bonds.